The van der Waals surface area contributed by atoms with Gasteiger partial charge in [0.1, 0.15) is 11.6 Å². The first-order valence-corrected chi connectivity index (χ1v) is 9.88. The molecule has 1 heterocycles. The van der Waals surface area contributed by atoms with Crippen LogP contribution in [0, 0.1) is 5.82 Å². The highest BCUT2D eigenvalue weighted by Crippen LogP contribution is 2.23. The van der Waals surface area contributed by atoms with Crippen LogP contribution in [0.1, 0.15) is 16.7 Å². The Bertz CT molecular complexity index is 1090. The fraction of sp³-hybridized carbons (Fsp3) is 0.200. The van der Waals surface area contributed by atoms with Gasteiger partial charge in [-0.3, -0.25) is 0 Å². The molecule has 29 heavy (non-hydrogen) atoms. The predicted octanol–water partition coefficient (Wildman–Crippen LogP) is 5.17. The third-order valence-corrected chi connectivity index (χ3v) is 5.23. The Morgan fingerprint density at radius 1 is 0.897 bits per heavy atom. The van der Waals surface area contributed by atoms with E-state index in [1.54, 1.807) is 13.2 Å². The Labute approximate surface area is 170 Å². The molecule has 0 atom stereocenters. The van der Waals surface area contributed by atoms with Gasteiger partial charge in [-0.05, 0) is 48.4 Å². The molecule has 4 heteroatoms. The zero-order chi connectivity index (χ0) is 20.1. The molecule has 1 aromatic heterocycles. The van der Waals surface area contributed by atoms with E-state index in [1.807, 2.05) is 30.3 Å². The molecule has 0 bridgehead atoms. The van der Waals surface area contributed by atoms with Gasteiger partial charge in [0.15, 0.2) is 0 Å². The van der Waals surface area contributed by atoms with Gasteiger partial charge in [-0.2, -0.15) is 0 Å². The summed E-state index contributed by atoms with van der Waals surface area (Å²) in [5, 5.41) is 4.75. The van der Waals surface area contributed by atoms with Gasteiger partial charge in [0.25, 0.3) is 0 Å². The number of nitrogens with one attached hydrogen (secondary N) is 1. The van der Waals surface area contributed by atoms with Crippen molar-refractivity contribution in [1.29, 1.82) is 0 Å². The van der Waals surface area contributed by atoms with Crippen LogP contribution in [0.4, 0.5) is 4.39 Å². The summed E-state index contributed by atoms with van der Waals surface area (Å²) in [4.78, 5) is 0. The topological polar surface area (TPSA) is 26.2 Å². The Morgan fingerprint density at radius 2 is 1.66 bits per heavy atom. The molecule has 4 rings (SSSR count). The number of fused-ring (bicyclic) bond motifs is 1. The van der Waals surface area contributed by atoms with Crippen LogP contribution in [0.15, 0.2) is 79.0 Å². The van der Waals surface area contributed by atoms with Crippen LogP contribution in [0.2, 0.25) is 0 Å². The quantitative estimate of drug-likeness (QED) is 0.422. The number of nitrogens with zero attached hydrogens (tertiary/aromatic N) is 1. The molecule has 4 aromatic rings. The third kappa shape index (κ3) is 4.49. The van der Waals surface area contributed by atoms with Crippen molar-refractivity contribution in [3.05, 3.63) is 102 Å². The minimum atomic E-state index is -0.163. The highest BCUT2D eigenvalue weighted by atomic mass is 19.1. The smallest absolute Gasteiger partial charge is 0.128 e. The second kappa shape index (κ2) is 8.93. The lowest BCUT2D eigenvalue weighted by Gasteiger charge is -2.06. The van der Waals surface area contributed by atoms with E-state index in [-0.39, 0.29) is 5.82 Å². The lowest BCUT2D eigenvalue weighted by Crippen LogP contribution is -2.16. The van der Waals surface area contributed by atoms with Gasteiger partial charge in [0.05, 0.1) is 13.7 Å². The van der Waals surface area contributed by atoms with Crippen molar-refractivity contribution in [2.75, 3.05) is 13.7 Å². The van der Waals surface area contributed by atoms with Crippen LogP contribution in [-0.4, -0.2) is 18.2 Å². The first-order chi connectivity index (χ1) is 14.2. The van der Waals surface area contributed by atoms with Crippen molar-refractivity contribution in [2.24, 2.45) is 0 Å². The first-order valence-electron chi connectivity index (χ1n) is 9.88. The summed E-state index contributed by atoms with van der Waals surface area (Å²) < 4.78 is 21.4. The summed E-state index contributed by atoms with van der Waals surface area (Å²) >= 11 is 0. The maximum atomic E-state index is 14.1. The maximum absolute atomic E-state index is 14.1. The molecule has 3 nitrogen and oxygen atoms in total. The number of benzene rings is 3. The largest absolute Gasteiger partial charge is 0.497 e. The molecular formula is C25H25FN2O. The van der Waals surface area contributed by atoms with Gasteiger partial charge >= 0.3 is 0 Å². The fourth-order valence-electron chi connectivity index (χ4n) is 3.65. The van der Waals surface area contributed by atoms with Crippen molar-refractivity contribution >= 4 is 10.9 Å². The van der Waals surface area contributed by atoms with E-state index < -0.39 is 0 Å². The number of methoxy groups -OCH3 is 1. The Kier molecular flexibility index (Phi) is 5.92. The average Bonchev–Trinajstić information content (AvgIpc) is 3.11. The van der Waals surface area contributed by atoms with Crippen molar-refractivity contribution in [2.45, 2.75) is 19.5 Å². The Hall–Kier alpha value is -3.11. The number of hydrogen-bond donors (Lipinski definition) is 1. The first kappa shape index (κ1) is 19.2. The van der Waals surface area contributed by atoms with Crippen LogP contribution in [0.5, 0.6) is 5.75 Å². The molecule has 0 saturated carbocycles. The fourth-order valence-corrected chi connectivity index (χ4v) is 3.65. The van der Waals surface area contributed by atoms with Crippen LogP contribution >= 0.6 is 0 Å². The number of para-hydroxylation sites is 1. The Morgan fingerprint density at radius 3 is 2.45 bits per heavy atom. The summed E-state index contributed by atoms with van der Waals surface area (Å²) in [7, 11) is 1.68. The summed E-state index contributed by atoms with van der Waals surface area (Å²) in [5.74, 6) is 0.716. The molecular weight excluding hydrogens is 363 g/mol. The predicted molar refractivity (Wildman–Crippen MR) is 116 cm³/mol. The van der Waals surface area contributed by atoms with E-state index in [0.717, 1.165) is 30.8 Å². The number of rotatable bonds is 8. The third-order valence-electron chi connectivity index (χ3n) is 5.23. The molecule has 0 fully saturated rings. The van der Waals surface area contributed by atoms with E-state index in [1.165, 1.54) is 22.6 Å². The minimum absolute atomic E-state index is 0.163. The van der Waals surface area contributed by atoms with Crippen molar-refractivity contribution in [3.8, 4) is 5.75 Å². The van der Waals surface area contributed by atoms with E-state index in [4.69, 9.17) is 4.74 Å². The zero-order valence-corrected chi connectivity index (χ0v) is 16.6. The van der Waals surface area contributed by atoms with Crippen LogP contribution in [0.25, 0.3) is 10.9 Å². The SMILES string of the molecule is COc1ccc(CCNCc2cn(Cc3ccccc3F)c3ccccc23)cc1. The van der Waals surface area contributed by atoms with Gasteiger partial charge < -0.3 is 14.6 Å². The molecule has 148 valence electrons. The molecule has 0 aliphatic rings. The summed E-state index contributed by atoms with van der Waals surface area (Å²) in [5.41, 5.74) is 4.34. The van der Waals surface area contributed by atoms with Crippen molar-refractivity contribution < 1.29 is 9.13 Å². The summed E-state index contributed by atoms with van der Waals surface area (Å²) in [6, 6.07) is 23.5. The van der Waals surface area contributed by atoms with Gasteiger partial charge in [-0.15, -0.1) is 0 Å². The van der Waals surface area contributed by atoms with Crippen LogP contribution < -0.4 is 10.1 Å². The van der Waals surface area contributed by atoms with Crippen molar-refractivity contribution in [3.63, 3.8) is 0 Å². The number of hydrogen-bond acceptors (Lipinski definition) is 2. The highest BCUT2D eigenvalue weighted by molar-refractivity contribution is 5.84. The minimum Gasteiger partial charge on any atom is -0.497 e. The molecule has 1 N–H and O–H groups in total. The summed E-state index contributed by atoms with van der Waals surface area (Å²) in [6.45, 7) is 2.19. The summed E-state index contributed by atoms with van der Waals surface area (Å²) in [6.07, 6.45) is 3.09. The molecule has 3 aromatic carbocycles. The monoisotopic (exact) mass is 388 g/mol. The molecule has 0 radical (unpaired) electrons. The lowest BCUT2D eigenvalue weighted by atomic mass is 10.1. The normalized spacial score (nSPS) is 11.1. The van der Waals surface area contributed by atoms with Crippen molar-refractivity contribution in [1.82, 2.24) is 9.88 Å². The van der Waals surface area contributed by atoms with Crippen LogP contribution in [-0.2, 0) is 19.5 Å². The number of aromatic nitrogens is 1. The number of ether oxygens (including phenoxy) is 1. The van der Waals surface area contributed by atoms with E-state index in [0.29, 0.717) is 12.1 Å². The lowest BCUT2D eigenvalue weighted by molar-refractivity contribution is 0.414. The second-order valence-electron chi connectivity index (χ2n) is 7.17. The highest BCUT2D eigenvalue weighted by Gasteiger charge is 2.10. The van der Waals surface area contributed by atoms with Gasteiger partial charge in [-0.1, -0.05) is 48.5 Å². The molecule has 0 aliphatic carbocycles. The Balaban J connectivity index is 1.44. The van der Waals surface area contributed by atoms with Gasteiger partial charge in [0.2, 0.25) is 0 Å². The average molecular weight is 388 g/mol. The van der Waals surface area contributed by atoms with Gasteiger partial charge in [-0.25, -0.2) is 4.39 Å². The van der Waals surface area contributed by atoms with E-state index in [2.05, 4.69) is 46.4 Å². The number of halogens is 1. The molecule has 0 amide bonds. The standard InChI is InChI=1S/C25H25FN2O/c1-29-22-12-10-19(11-13-22)14-15-27-16-21-18-28(25-9-5-3-7-23(21)25)17-20-6-2-4-8-24(20)26/h2-13,18,27H,14-17H2,1H3. The van der Waals surface area contributed by atoms with Gasteiger partial charge in [0, 0.05) is 29.2 Å². The molecule has 0 saturated heterocycles. The maximum Gasteiger partial charge on any atom is 0.128 e. The molecule has 0 aliphatic heterocycles. The molecule has 0 unspecified atom stereocenters. The zero-order valence-electron chi connectivity index (χ0n) is 16.6. The van der Waals surface area contributed by atoms with E-state index in [9.17, 15) is 4.39 Å². The molecule has 0 spiro atoms. The van der Waals surface area contributed by atoms with E-state index >= 15 is 0 Å². The van der Waals surface area contributed by atoms with Crippen LogP contribution in [0.3, 0.4) is 0 Å². The second-order valence-corrected chi connectivity index (χ2v) is 7.17.